The molecule has 3 nitrogen and oxygen atoms in total. The first-order chi connectivity index (χ1) is 25.1. The summed E-state index contributed by atoms with van der Waals surface area (Å²) < 4.78 is 13.5. The fourth-order valence-electron chi connectivity index (χ4n) is 8.88. The van der Waals surface area contributed by atoms with E-state index in [-0.39, 0.29) is 11.9 Å². The van der Waals surface area contributed by atoms with Crippen LogP contribution >= 0.6 is 0 Å². The van der Waals surface area contributed by atoms with Crippen molar-refractivity contribution in [1.82, 2.24) is 4.90 Å². The first-order valence-electron chi connectivity index (χ1n) is 22.7. The highest BCUT2D eigenvalue weighted by atomic mass is 16.8. The standard InChI is InChI=1S/C48H85NO2/c1-4-6-8-10-12-14-16-18-20-22-24-26-28-30-32-34-37-47(39-41-48(42-40-47)50-45-36-43-49(3)44-46(45)51-48)38-35-33-31-29-27-25-23-21-19-17-15-13-11-9-7-5-2/h12-15,18-21,45-46H,4-11,16-17,22-44H2,1-3H3/b14-12-,15-13-,20-18-,21-19-/t45-,46+/m1/s1. The second-order valence-corrected chi connectivity index (χ2v) is 16.9. The monoisotopic (exact) mass is 708 g/mol. The largest absolute Gasteiger partial charge is 0.344 e. The maximum absolute atomic E-state index is 6.75. The summed E-state index contributed by atoms with van der Waals surface area (Å²) in [4.78, 5) is 2.42. The molecule has 0 radical (unpaired) electrons. The van der Waals surface area contributed by atoms with E-state index in [4.69, 9.17) is 9.47 Å². The number of fused-ring (bicyclic) bond motifs is 1. The topological polar surface area (TPSA) is 21.7 Å². The van der Waals surface area contributed by atoms with Crippen molar-refractivity contribution < 1.29 is 9.47 Å². The van der Waals surface area contributed by atoms with Crippen molar-refractivity contribution in [3.05, 3.63) is 48.6 Å². The number of ether oxygens (including phenoxy) is 2. The van der Waals surface area contributed by atoms with Crippen molar-refractivity contribution in [2.45, 2.75) is 231 Å². The molecule has 2 aliphatic heterocycles. The molecule has 0 unspecified atom stereocenters. The number of piperidine rings is 1. The maximum Gasteiger partial charge on any atom is 0.169 e. The van der Waals surface area contributed by atoms with Crippen LogP contribution in [-0.2, 0) is 9.47 Å². The van der Waals surface area contributed by atoms with Crippen LogP contribution in [0.5, 0.6) is 0 Å². The average molecular weight is 708 g/mol. The lowest BCUT2D eigenvalue weighted by molar-refractivity contribution is -0.208. The quantitative estimate of drug-likeness (QED) is 0.0548. The van der Waals surface area contributed by atoms with Gasteiger partial charge >= 0.3 is 0 Å². The van der Waals surface area contributed by atoms with Gasteiger partial charge in [0.2, 0.25) is 0 Å². The zero-order valence-corrected chi connectivity index (χ0v) is 34.4. The lowest BCUT2D eigenvalue weighted by Gasteiger charge is -2.44. The van der Waals surface area contributed by atoms with Crippen LogP contribution in [0.3, 0.4) is 0 Å². The van der Waals surface area contributed by atoms with E-state index in [0.717, 1.165) is 45.2 Å². The van der Waals surface area contributed by atoms with Crippen LogP contribution in [0.4, 0.5) is 0 Å². The minimum Gasteiger partial charge on any atom is -0.344 e. The van der Waals surface area contributed by atoms with Gasteiger partial charge in [-0.15, -0.1) is 0 Å². The molecular formula is C48H85NO2. The molecule has 0 N–H and O–H groups in total. The molecule has 0 amide bonds. The van der Waals surface area contributed by atoms with Crippen molar-refractivity contribution >= 4 is 0 Å². The van der Waals surface area contributed by atoms with Crippen LogP contribution in [0, 0.1) is 5.41 Å². The Kier molecular flexibility index (Phi) is 24.6. The van der Waals surface area contributed by atoms with Gasteiger partial charge in [0.15, 0.2) is 5.79 Å². The van der Waals surface area contributed by atoms with Gasteiger partial charge in [-0.05, 0) is 109 Å². The van der Waals surface area contributed by atoms with Gasteiger partial charge in [-0.2, -0.15) is 0 Å². The third-order valence-electron chi connectivity index (χ3n) is 12.3. The smallest absolute Gasteiger partial charge is 0.169 e. The molecule has 3 fully saturated rings. The maximum atomic E-state index is 6.75. The van der Waals surface area contributed by atoms with Crippen molar-refractivity contribution in [1.29, 1.82) is 0 Å². The molecule has 294 valence electrons. The van der Waals surface area contributed by atoms with Crippen LogP contribution in [-0.4, -0.2) is 43.0 Å². The molecule has 1 spiro atoms. The first kappa shape index (κ1) is 44.2. The molecule has 1 saturated carbocycles. The van der Waals surface area contributed by atoms with Gasteiger partial charge in [-0.25, -0.2) is 0 Å². The highest BCUT2D eigenvalue weighted by Gasteiger charge is 2.52. The third-order valence-corrected chi connectivity index (χ3v) is 12.3. The van der Waals surface area contributed by atoms with Crippen molar-refractivity contribution in [2.24, 2.45) is 5.41 Å². The Hall–Kier alpha value is -1.16. The Morgan fingerprint density at radius 3 is 1.37 bits per heavy atom. The van der Waals surface area contributed by atoms with Crippen molar-refractivity contribution in [2.75, 3.05) is 20.1 Å². The van der Waals surface area contributed by atoms with Gasteiger partial charge in [0.25, 0.3) is 0 Å². The summed E-state index contributed by atoms with van der Waals surface area (Å²) in [5.41, 5.74) is 0.521. The van der Waals surface area contributed by atoms with Crippen molar-refractivity contribution in [3.63, 3.8) is 0 Å². The summed E-state index contributed by atoms with van der Waals surface area (Å²) >= 11 is 0. The lowest BCUT2D eigenvalue weighted by Crippen LogP contribution is -2.43. The number of allylic oxidation sites excluding steroid dienone is 8. The van der Waals surface area contributed by atoms with Gasteiger partial charge in [-0.1, -0.05) is 152 Å². The Balaban J connectivity index is 1.28. The molecule has 0 aromatic heterocycles. The fourth-order valence-corrected chi connectivity index (χ4v) is 8.88. The van der Waals surface area contributed by atoms with E-state index in [1.807, 2.05) is 0 Å². The second kappa shape index (κ2) is 28.3. The first-order valence-corrected chi connectivity index (χ1v) is 22.7. The molecule has 3 heteroatoms. The Labute approximate surface area is 318 Å². The zero-order chi connectivity index (χ0) is 36.1. The third kappa shape index (κ3) is 19.7. The van der Waals surface area contributed by atoms with Crippen LogP contribution in [0.1, 0.15) is 213 Å². The summed E-state index contributed by atoms with van der Waals surface area (Å²) in [5, 5.41) is 0. The summed E-state index contributed by atoms with van der Waals surface area (Å²) in [5.74, 6) is -0.275. The molecule has 3 aliphatic rings. The Bertz CT molecular complexity index is 891. The molecule has 1 aliphatic carbocycles. The summed E-state index contributed by atoms with van der Waals surface area (Å²) in [6, 6.07) is 0. The molecule has 0 aromatic rings. The number of hydrogen-bond donors (Lipinski definition) is 0. The van der Waals surface area contributed by atoms with Gasteiger partial charge < -0.3 is 14.4 Å². The highest BCUT2D eigenvalue weighted by molar-refractivity contribution is 4.97. The van der Waals surface area contributed by atoms with Crippen LogP contribution in [0.15, 0.2) is 48.6 Å². The minimum absolute atomic E-state index is 0.275. The molecular weight excluding hydrogens is 623 g/mol. The van der Waals surface area contributed by atoms with Gasteiger partial charge in [-0.3, -0.25) is 0 Å². The number of unbranched alkanes of at least 4 members (excludes halogenated alkanes) is 18. The van der Waals surface area contributed by atoms with E-state index in [1.165, 1.54) is 167 Å². The highest BCUT2D eigenvalue weighted by Crippen LogP contribution is 2.52. The molecule has 3 rings (SSSR count). The van der Waals surface area contributed by atoms with Crippen LogP contribution in [0.25, 0.3) is 0 Å². The van der Waals surface area contributed by atoms with E-state index in [9.17, 15) is 0 Å². The van der Waals surface area contributed by atoms with E-state index in [0.29, 0.717) is 11.5 Å². The van der Waals surface area contributed by atoms with Gasteiger partial charge in [0.1, 0.15) is 0 Å². The van der Waals surface area contributed by atoms with E-state index in [1.54, 1.807) is 0 Å². The number of rotatable bonds is 30. The molecule has 2 heterocycles. The van der Waals surface area contributed by atoms with E-state index in [2.05, 4.69) is 74.4 Å². The molecule has 2 atom stereocenters. The zero-order valence-electron chi connectivity index (χ0n) is 34.4. The number of nitrogens with zero attached hydrogens (tertiary/aromatic N) is 1. The Morgan fingerprint density at radius 2 is 0.902 bits per heavy atom. The number of likely N-dealkylation sites (tertiary alicyclic amines) is 1. The average Bonchev–Trinajstić information content (AvgIpc) is 3.49. The van der Waals surface area contributed by atoms with Gasteiger partial charge in [0.05, 0.1) is 12.2 Å². The molecule has 0 aromatic carbocycles. The molecule has 2 saturated heterocycles. The van der Waals surface area contributed by atoms with E-state index < -0.39 is 0 Å². The predicted molar refractivity (Wildman–Crippen MR) is 223 cm³/mol. The summed E-state index contributed by atoms with van der Waals surface area (Å²) in [6.45, 7) is 6.74. The summed E-state index contributed by atoms with van der Waals surface area (Å²) in [6.07, 6.45) is 60.5. The summed E-state index contributed by atoms with van der Waals surface area (Å²) in [7, 11) is 2.23. The number of likely N-dealkylation sites (N-methyl/N-ethyl adjacent to an activating group) is 1. The predicted octanol–water partition coefficient (Wildman–Crippen LogP) is 14.8. The SMILES string of the molecule is CCCCC/C=C\C/C=C\CCCCCCCCC1(CCCCCCCC/C=C\C/C=C\CCCCC)CCC2(CC1)O[C@H]1CN(C)CC[C@H]1O2. The number of hydrogen-bond acceptors (Lipinski definition) is 3. The van der Waals surface area contributed by atoms with Crippen LogP contribution in [0.2, 0.25) is 0 Å². The fraction of sp³-hybridized carbons (Fsp3) is 0.833. The van der Waals surface area contributed by atoms with Crippen molar-refractivity contribution in [3.8, 4) is 0 Å². The van der Waals surface area contributed by atoms with E-state index >= 15 is 0 Å². The normalized spacial score (nSPS) is 22.1. The lowest BCUT2D eigenvalue weighted by atomic mass is 9.66. The Morgan fingerprint density at radius 1 is 0.490 bits per heavy atom. The van der Waals surface area contributed by atoms with Gasteiger partial charge in [0, 0.05) is 25.9 Å². The molecule has 0 bridgehead atoms. The minimum atomic E-state index is -0.275. The van der Waals surface area contributed by atoms with Crippen LogP contribution < -0.4 is 0 Å². The molecule has 51 heavy (non-hydrogen) atoms. The second-order valence-electron chi connectivity index (χ2n) is 16.9.